The maximum absolute atomic E-state index is 5.90. The largest absolute Gasteiger partial charge is 0.369 e. The summed E-state index contributed by atoms with van der Waals surface area (Å²) in [6, 6.07) is 5.31. The molecule has 0 saturated heterocycles. The Kier molecular flexibility index (Phi) is 5.93. The minimum Gasteiger partial charge on any atom is -0.369 e. The van der Waals surface area contributed by atoms with Crippen LogP contribution in [0.5, 0.6) is 0 Å². The van der Waals surface area contributed by atoms with Crippen LogP contribution in [0.3, 0.4) is 0 Å². The van der Waals surface area contributed by atoms with Gasteiger partial charge in [0.2, 0.25) is 0 Å². The van der Waals surface area contributed by atoms with Crippen LogP contribution in [0, 0.1) is 0 Å². The smallest absolute Gasteiger partial charge is 0.102 e. The van der Waals surface area contributed by atoms with E-state index in [4.69, 9.17) is 23.2 Å². The number of halogens is 3. The lowest BCUT2D eigenvalue weighted by atomic mass is 10.3. The zero-order valence-corrected chi connectivity index (χ0v) is 10.2. The van der Waals surface area contributed by atoms with Crippen molar-refractivity contribution in [3.63, 3.8) is 0 Å². The van der Waals surface area contributed by atoms with Crippen LogP contribution in [0.15, 0.2) is 23.2 Å². The van der Waals surface area contributed by atoms with Crippen LogP contribution < -0.4 is 0 Å². The normalized spacial score (nSPS) is 10.0. The van der Waals surface area contributed by atoms with Crippen LogP contribution in [0.1, 0.15) is 0 Å². The number of aliphatic imine (C=N–C) groups is 1. The molecule has 0 amide bonds. The topological polar surface area (TPSA) is 15.6 Å². The van der Waals surface area contributed by atoms with Crippen molar-refractivity contribution in [3.05, 3.63) is 28.2 Å². The Morgan fingerprint density at radius 1 is 1.21 bits per heavy atom. The lowest BCUT2D eigenvalue weighted by molar-refractivity contribution is 0.643. The van der Waals surface area contributed by atoms with Gasteiger partial charge in [-0.05, 0) is 12.1 Å². The second-order valence-corrected chi connectivity index (χ2v) is 3.59. The monoisotopic (exact) mass is 252 g/mol. The molecular formula is C9H11Cl3N2. The van der Waals surface area contributed by atoms with Gasteiger partial charge in [0.05, 0.1) is 16.4 Å². The molecule has 0 heterocycles. The zero-order valence-electron chi connectivity index (χ0n) is 7.87. The minimum absolute atomic E-state index is 0. The summed E-state index contributed by atoms with van der Waals surface area (Å²) in [6.07, 6.45) is 1.66. The van der Waals surface area contributed by atoms with E-state index in [2.05, 4.69) is 4.99 Å². The average Bonchev–Trinajstić information content (AvgIpc) is 2.03. The van der Waals surface area contributed by atoms with Crippen molar-refractivity contribution in [2.45, 2.75) is 0 Å². The van der Waals surface area contributed by atoms with Crippen molar-refractivity contribution in [3.8, 4) is 0 Å². The summed E-state index contributed by atoms with van der Waals surface area (Å²) in [7, 11) is 3.77. The second-order valence-electron chi connectivity index (χ2n) is 2.78. The van der Waals surface area contributed by atoms with Crippen molar-refractivity contribution < 1.29 is 0 Å². The van der Waals surface area contributed by atoms with Crippen LogP contribution in [0.2, 0.25) is 10.0 Å². The van der Waals surface area contributed by atoms with Gasteiger partial charge in [-0.3, -0.25) is 0 Å². The summed E-state index contributed by atoms with van der Waals surface area (Å²) in [5.74, 6) is 0. The van der Waals surface area contributed by atoms with Gasteiger partial charge in [0.15, 0.2) is 0 Å². The highest BCUT2D eigenvalue weighted by molar-refractivity contribution is 6.38. The Morgan fingerprint density at radius 3 is 2.14 bits per heavy atom. The van der Waals surface area contributed by atoms with Gasteiger partial charge in [-0.2, -0.15) is 0 Å². The van der Waals surface area contributed by atoms with Crippen molar-refractivity contribution in [2.24, 2.45) is 4.99 Å². The molecule has 5 heteroatoms. The Morgan fingerprint density at radius 2 is 1.71 bits per heavy atom. The molecule has 0 bridgehead atoms. The standard InChI is InChI=1S/C9H10Cl2N2.ClH/c1-13(2)6-12-9-7(10)4-3-5-8(9)11;/h3-6H,1-2H3;1H. The maximum Gasteiger partial charge on any atom is 0.102 e. The molecule has 0 aromatic heterocycles. The first-order valence-electron chi connectivity index (χ1n) is 3.76. The maximum atomic E-state index is 5.90. The van der Waals surface area contributed by atoms with Crippen molar-refractivity contribution in [1.82, 2.24) is 4.90 Å². The summed E-state index contributed by atoms with van der Waals surface area (Å²) < 4.78 is 0. The van der Waals surface area contributed by atoms with Gasteiger partial charge in [0.25, 0.3) is 0 Å². The van der Waals surface area contributed by atoms with Gasteiger partial charge in [0, 0.05) is 14.1 Å². The lowest BCUT2D eigenvalue weighted by Gasteiger charge is -2.04. The van der Waals surface area contributed by atoms with Gasteiger partial charge in [-0.15, -0.1) is 12.4 Å². The Labute approximate surface area is 99.9 Å². The highest BCUT2D eigenvalue weighted by atomic mass is 35.5. The van der Waals surface area contributed by atoms with Crippen LogP contribution in [-0.2, 0) is 0 Å². The number of rotatable bonds is 2. The molecule has 14 heavy (non-hydrogen) atoms. The molecule has 1 aromatic carbocycles. The molecule has 78 valence electrons. The molecule has 0 radical (unpaired) electrons. The molecule has 0 aliphatic rings. The fraction of sp³-hybridized carbons (Fsp3) is 0.222. The molecule has 1 rings (SSSR count). The molecule has 0 saturated carbocycles. The molecule has 2 nitrogen and oxygen atoms in total. The zero-order chi connectivity index (χ0) is 9.84. The second kappa shape index (κ2) is 6.12. The first-order valence-corrected chi connectivity index (χ1v) is 4.51. The van der Waals surface area contributed by atoms with E-state index in [9.17, 15) is 0 Å². The van der Waals surface area contributed by atoms with E-state index in [1.165, 1.54) is 0 Å². The van der Waals surface area contributed by atoms with Gasteiger partial charge in [-0.25, -0.2) is 4.99 Å². The van der Waals surface area contributed by atoms with E-state index >= 15 is 0 Å². The predicted molar refractivity (Wildman–Crippen MR) is 65.5 cm³/mol. The van der Waals surface area contributed by atoms with E-state index in [1.54, 1.807) is 24.5 Å². The Hall–Kier alpha value is -0.440. The van der Waals surface area contributed by atoms with Gasteiger partial charge in [0.1, 0.15) is 5.69 Å². The SMILES string of the molecule is CN(C)C=Nc1c(Cl)cccc1Cl.Cl. The average molecular weight is 254 g/mol. The van der Waals surface area contributed by atoms with E-state index in [0.717, 1.165) is 0 Å². The van der Waals surface area contributed by atoms with Crippen molar-refractivity contribution in [1.29, 1.82) is 0 Å². The summed E-state index contributed by atoms with van der Waals surface area (Å²) in [5.41, 5.74) is 0.611. The van der Waals surface area contributed by atoms with Crippen LogP contribution in [0.25, 0.3) is 0 Å². The van der Waals surface area contributed by atoms with E-state index in [0.29, 0.717) is 15.7 Å². The molecule has 0 aliphatic carbocycles. The third kappa shape index (κ3) is 3.74. The minimum atomic E-state index is 0. The molecular weight excluding hydrogens is 242 g/mol. The number of hydrogen-bond donors (Lipinski definition) is 0. The van der Waals surface area contributed by atoms with Crippen LogP contribution in [0.4, 0.5) is 5.69 Å². The number of nitrogens with zero attached hydrogens (tertiary/aromatic N) is 2. The van der Waals surface area contributed by atoms with E-state index in [-0.39, 0.29) is 12.4 Å². The molecule has 0 unspecified atom stereocenters. The summed E-state index contributed by atoms with van der Waals surface area (Å²) in [6.45, 7) is 0. The van der Waals surface area contributed by atoms with Crippen LogP contribution in [-0.4, -0.2) is 25.3 Å². The molecule has 0 fully saturated rings. The highest BCUT2D eigenvalue weighted by Crippen LogP contribution is 2.32. The molecule has 0 spiro atoms. The summed E-state index contributed by atoms with van der Waals surface area (Å²) in [5, 5.41) is 1.12. The number of benzene rings is 1. The summed E-state index contributed by atoms with van der Waals surface area (Å²) >= 11 is 11.8. The Balaban J connectivity index is 0.00000169. The summed E-state index contributed by atoms with van der Waals surface area (Å²) in [4.78, 5) is 5.96. The fourth-order valence-corrected chi connectivity index (χ4v) is 1.28. The van der Waals surface area contributed by atoms with Crippen molar-refractivity contribution >= 4 is 47.6 Å². The molecule has 0 N–H and O–H groups in total. The lowest BCUT2D eigenvalue weighted by Crippen LogP contribution is -2.07. The molecule has 0 aliphatic heterocycles. The van der Waals surface area contributed by atoms with Gasteiger partial charge < -0.3 is 4.90 Å². The fourth-order valence-electron chi connectivity index (χ4n) is 0.786. The third-order valence-corrected chi connectivity index (χ3v) is 1.97. The molecule has 0 atom stereocenters. The molecule has 1 aromatic rings. The van der Waals surface area contributed by atoms with Gasteiger partial charge in [-0.1, -0.05) is 29.3 Å². The third-order valence-electron chi connectivity index (χ3n) is 1.36. The van der Waals surface area contributed by atoms with E-state index < -0.39 is 0 Å². The van der Waals surface area contributed by atoms with Gasteiger partial charge >= 0.3 is 0 Å². The quantitative estimate of drug-likeness (QED) is 0.580. The van der Waals surface area contributed by atoms with E-state index in [1.807, 2.05) is 19.0 Å². The number of hydrogen-bond acceptors (Lipinski definition) is 1. The van der Waals surface area contributed by atoms with Crippen LogP contribution >= 0.6 is 35.6 Å². The predicted octanol–water partition coefficient (Wildman–Crippen LogP) is 3.64. The number of para-hydroxylation sites is 1. The first kappa shape index (κ1) is 13.6. The first-order chi connectivity index (χ1) is 6.11. The highest BCUT2D eigenvalue weighted by Gasteiger charge is 2.01. The van der Waals surface area contributed by atoms with Crippen molar-refractivity contribution in [2.75, 3.05) is 14.1 Å². The Bertz CT molecular complexity index is 304.